The van der Waals surface area contributed by atoms with Crippen molar-refractivity contribution in [1.82, 2.24) is 0 Å². The van der Waals surface area contributed by atoms with E-state index in [4.69, 9.17) is 14.2 Å². The van der Waals surface area contributed by atoms with Crippen molar-refractivity contribution in [3.63, 3.8) is 0 Å². The van der Waals surface area contributed by atoms with E-state index < -0.39 is 6.10 Å². The average Bonchev–Trinajstić information content (AvgIpc) is 3.49. The lowest BCUT2D eigenvalue weighted by Crippen LogP contribution is -2.30. The van der Waals surface area contributed by atoms with Crippen LogP contribution in [-0.4, -0.2) is 37.2 Å². The zero-order valence-corrected chi connectivity index (χ0v) is 54.9. The highest BCUT2D eigenvalue weighted by atomic mass is 16.6. The molecule has 0 aliphatic rings. The molecule has 0 aromatic carbocycles. The highest BCUT2D eigenvalue weighted by molar-refractivity contribution is 5.71. The maximum atomic E-state index is 12.9. The lowest BCUT2D eigenvalue weighted by molar-refractivity contribution is -0.167. The van der Waals surface area contributed by atoms with Crippen LogP contribution >= 0.6 is 0 Å². The van der Waals surface area contributed by atoms with Gasteiger partial charge in [-0.25, -0.2) is 0 Å². The van der Waals surface area contributed by atoms with Crippen LogP contribution in [0.5, 0.6) is 0 Å². The predicted molar refractivity (Wildman–Crippen MR) is 362 cm³/mol. The van der Waals surface area contributed by atoms with Gasteiger partial charge in [-0.15, -0.1) is 0 Å². The van der Waals surface area contributed by atoms with Crippen LogP contribution < -0.4 is 0 Å². The van der Waals surface area contributed by atoms with Crippen LogP contribution in [0.15, 0.2) is 97.2 Å². The summed E-state index contributed by atoms with van der Waals surface area (Å²) in [5.74, 6) is -0.895. The normalized spacial score (nSPS) is 12.7. The van der Waals surface area contributed by atoms with Gasteiger partial charge in [0.25, 0.3) is 0 Å². The van der Waals surface area contributed by atoms with Crippen molar-refractivity contribution < 1.29 is 28.6 Å². The molecule has 0 aromatic rings. The number of hydrogen-bond acceptors (Lipinski definition) is 6. The number of esters is 3. The minimum atomic E-state index is -0.780. The third-order valence-electron chi connectivity index (χ3n) is 15.6. The van der Waals surface area contributed by atoms with Crippen molar-refractivity contribution in [2.24, 2.45) is 0 Å². The van der Waals surface area contributed by atoms with E-state index in [0.717, 1.165) is 128 Å². The van der Waals surface area contributed by atoms with Gasteiger partial charge in [0.15, 0.2) is 6.10 Å². The molecule has 0 saturated carbocycles. The molecule has 0 spiro atoms. The molecule has 83 heavy (non-hydrogen) atoms. The van der Waals surface area contributed by atoms with Crippen molar-refractivity contribution in [1.29, 1.82) is 0 Å². The first kappa shape index (κ1) is 79.3. The molecule has 0 bridgehead atoms. The summed E-state index contributed by atoms with van der Waals surface area (Å²) in [4.78, 5) is 38.0. The molecular weight excluding hydrogens is 1020 g/mol. The molecular formula is C77H134O6. The van der Waals surface area contributed by atoms with Crippen molar-refractivity contribution in [3.8, 4) is 0 Å². The van der Waals surface area contributed by atoms with Gasteiger partial charge in [0.05, 0.1) is 0 Å². The lowest BCUT2D eigenvalue weighted by atomic mass is 10.0. The number of unbranched alkanes of at least 4 members (excludes halogenated alkanes) is 38. The largest absolute Gasteiger partial charge is 0.462 e. The van der Waals surface area contributed by atoms with E-state index in [2.05, 4.69) is 118 Å². The van der Waals surface area contributed by atoms with E-state index in [-0.39, 0.29) is 31.1 Å². The van der Waals surface area contributed by atoms with Gasteiger partial charge < -0.3 is 14.2 Å². The van der Waals surface area contributed by atoms with Crippen LogP contribution in [-0.2, 0) is 28.6 Å². The van der Waals surface area contributed by atoms with E-state index >= 15 is 0 Å². The smallest absolute Gasteiger partial charge is 0.306 e. The third kappa shape index (κ3) is 69.0. The van der Waals surface area contributed by atoms with Crippen molar-refractivity contribution in [3.05, 3.63) is 97.2 Å². The second-order valence-corrected chi connectivity index (χ2v) is 23.8. The molecule has 0 fully saturated rings. The van der Waals surface area contributed by atoms with E-state index in [1.54, 1.807) is 0 Å². The van der Waals surface area contributed by atoms with E-state index in [0.29, 0.717) is 19.3 Å². The first-order valence-electron chi connectivity index (χ1n) is 35.7. The molecule has 0 rings (SSSR count). The summed E-state index contributed by atoms with van der Waals surface area (Å²) >= 11 is 0. The zero-order chi connectivity index (χ0) is 59.9. The Morgan fingerprint density at radius 1 is 0.253 bits per heavy atom. The van der Waals surface area contributed by atoms with Gasteiger partial charge in [-0.05, 0) is 83.5 Å². The van der Waals surface area contributed by atoms with E-state index in [1.165, 1.54) is 186 Å². The van der Waals surface area contributed by atoms with E-state index in [9.17, 15) is 14.4 Å². The highest BCUT2D eigenvalue weighted by Crippen LogP contribution is 2.18. The van der Waals surface area contributed by atoms with Crippen LogP contribution in [0.25, 0.3) is 0 Å². The summed E-state index contributed by atoms with van der Waals surface area (Å²) in [6.07, 6.45) is 96.4. The van der Waals surface area contributed by atoms with Crippen LogP contribution in [0.2, 0.25) is 0 Å². The summed E-state index contributed by atoms with van der Waals surface area (Å²) in [5.41, 5.74) is 0. The Balaban J connectivity index is 4.02. The maximum Gasteiger partial charge on any atom is 0.306 e. The Morgan fingerprint density at radius 2 is 0.470 bits per heavy atom. The molecule has 1 unspecified atom stereocenters. The molecule has 0 aliphatic carbocycles. The minimum Gasteiger partial charge on any atom is -0.462 e. The minimum absolute atomic E-state index is 0.0800. The van der Waals surface area contributed by atoms with Crippen LogP contribution in [0.4, 0.5) is 0 Å². The second kappa shape index (κ2) is 70.8. The molecule has 0 aromatic heterocycles. The third-order valence-corrected chi connectivity index (χ3v) is 15.6. The SMILES string of the molecule is CC/C=C\C/C=C\C/C=C\C/C=C\C/C=C\C/C=C\C/C=C\C/C=C\CCCCCCCCC(=O)OCC(COC(=O)CCCCCCC)OC(=O)CCCCCCCCCCCCCCCCCCCCCCCCCCCCCCC. The molecule has 0 amide bonds. The zero-order valence-electron chi connectivity index (χ0n) is 54.9. The Labute approximate surface area is 515 Å². The molecule has 478 valence electrons. The maximum absolute atomic E-state index is 12.9. The Hall–Kier alpha value is -3.67. The quantitative estimate of drug-likeness (QED) is 0.0261. The average molecular weight is 1160 g/mol. The summed E-state index contributed by atoms with van der Waals surface area (Å²) in [7, 11) is 0. The highest BCUT2D eigenvalue weighted by Gasteiger charge is 2.19. The number of carbonyl (C=O) groups is 3. The number of rotatable bonds is 65. The van der Waals surface area contributed by atoms with Gasteiger partial charge in [0.1, 0.15) is 13.2 Å². The fourth-order valence-electron chi connectivity index (χ4n) is 10.3. The first-order chi connectivity index (χ1) is 41.0. The van der Waals surface area contributed by atoms with Gasteiger partial charge in [0, 0.05) is 19.3 Å². The van der Waals surface area contributed by atoms with Gasteiger partial charge in [-0.3, -0.25) is 14.4 Å². The molecule has 6 nitrogen and oxygen atoms in total. The Bertz CT molecular complexity index is 1610. The number of ether oxygens (including phenoxy) is 3. The predicted octanol–water partition coefficient (Wildman–Crippen LogP) is 24.8. The molecule has 0 N–H and O–H groups in total. The topological polar surface area (TPSA) is 78.9 Å². The number of hydrogen-bond donors (Lipinski definition) is 0. The molecule has 0 aliphatic heterocycles. The Kier molecular flexibility index (Phi) is 67.7. The summed E-state index contributed by atoms with van der Waals surface area (Å²) in [5, 5.41) is 0. The van der Waals surface area contributed by atoms with Crippen molar-refractivity contribution in [2.45, 2.75) is 361 Å². The van der Waals surface area contributed by atoms with Crippen molar-refractivity contribution in [2.75, 3.05) is 13.2 Å². The molecule has 0 radical (unpaired) electrons. The van der Waals surface area contributed by atoms with Crippen LogP contribution in [0.1, 0.15) is 355 Å². The van der Waals surface area contributed by atoms with Crippen LogP contribution in [0, 0.1) is 0 Å². The molecule has 6 heteroatoms. The molecule has 0 heterocycles. The lowest BCUT2D eigenvalue weighted by Gasteiger charge is -2.18. The van der Waals surface area contributed by atoms with Gasteiger partial charge in [0.2, 0.25) is 0 Å². The van der Waals surface area contributed by atoms with Gasteiger partial charge in [-0.1, -0.05) is 349 Å². The molecule has 1 atom stereocenters. The van der Waals surface area contributed by atoms with E-state index in [1.807, 2.05) is 0 Å². The van der Waals surface area contributed by atoms with Crippen molar-refractivity contribution >= 4 is 17.9 Å². The second-order valence-electron chi connectivity index (χ2n) is 23.8. The standard InChI is InChI=1S/C77H134O6/c1-4-7-10-13-15-17-19-21-23-25-27-29-31-33-35-37-38-40-41-43-45-47-49-51-53-55-57-59-61-64-67-70-76(79)82-73-74(72-81-75(78)69-66-63-12-9-6-3)83-77(80)71-68-65-62-60-58-56-54-52-50-48-46-44-42-39-36-34-32-30-28-26-24-22-20-18-16-14-11-8-5-2/h7,10,15,17,21,23,27,29,33,35,38,40,43,45,49,51,74H,4-6,8-9,11-14,16,18-20,22,24-26,28,30-32,34,36-37,39,41-42,44,46-48,50,52-73H2,1-3H3/b10-7-,17-15-,23-21-,29-27-,35-33-,40-38-,45-43-,51-49-. The number of allylic oxidation sites excluding steroid dienone is 16. The fourth-order valence-corrected chi connectivity index (χ4v) is 10.3. The van der Waals surface area contributed by atoms with Gasteiger partial charge in [-0.2, -0.15) is 0 Å². The molecule has 0 saturated heterocycles. The van der Waals surface area contributed by atoms with Crippen LogP contribution in [0.3, 0.4) is 0 Å². The summed E-state index contributed by atoms with van der Waals surface area (Å²) in [6.45, 7) is 6.47. The summed E-state index contributed by atoms with van der Waals surface area (Å²) in [6, 6.07) is 0. The number of carbonyl (C=O) groups excluding carboxylic acids is 3. The fraction of sp³-hybridized carbons (Fsp3) is 0.753. The first-order valence-corrected chi connectivity index (χ1v) is 35.7. The summed E-state index contributed by atoms with van der Waals surface area (Å²) < 4.78 is 16.8. The van der Waals surface area contributed by atoms with Gasteiger partial charge >= 0.3 is 17.9 Å². The monoisotopic (exact) mass is 1160 g/mol. The Morgan fingerprint density at radius 3 is 0.735 bits per heavy atom.